The summed E-state index contributed by atoms with van der Waals surface area (Å²) in [5.41, 5.74) is 0.908. The second kappa shape index (κ2) is 5.52. The predicted octanol–water partition coefficient (Wildman–Crippen LogP) is 2.53. The number of Topliss-reactive ketones (excluding diaryl/α,β-unsaturated/α-hetero) is 1. The Morgan fingerprint density at radius 2 is 2.09 bits per heavy atom. The molecule has 2 aliphatic rings. The molecule has 2 bridgehead atoms. The van der Waals surface area contributed by atoms with Crippen LogP contribution in [0.5, 0.6) is 0 Å². The van der Waals surface area contributed by atoms with Crippen molar-refractivity contribution in [2.45, 2.75) is 24.9 Å². The van der Waals surface area contributed by atoms with E-state index in [1.54, 1.807) is 4.68 Å². The van der Waals surface area contributed by atoms with Gasteiger partial charge in [-0.1, -0.05) is 11.6 Å². The fraction of sp³-hybridized carbons (Fsp3) is 0.400. The molecule has 3 heterocycles. The molecule has 2 saturated heterocycles. The van der Waals surface area contributed by atoms with E-state index < -0.39 is 6.29 Å². The van der Waals surface area contributed by atoms with Gasteiger partial charge in [-0.2, -0.15) is 5.10 Å². The summed E-state index contributed by atoms with van der Waals surface area (Å²) in [6.07, 6.45) is -0.594. The minimum Gasteiger partial charge on any atom is -0.343 e. The van der Waals surface area contributed by atoms with Crippen molar-refractivity contribution < 1.29 is 14.3 Å². The lowest BCUT2D eigenvalue weighted by molar-refractivity contribution is -0.156. The van der Waals surface area contributed by atoms with Crippen LogP contribution < -0.4 is 0 Å². The lowest BCUT2D eigenvalue weighted by Crippen LogP contribution is -2.37. The third kappa shape index (κ3) is 2.44. The van der Waals surface area contributed by atoms with Crippen LogP contribution >= 0.6 is 23.8 Å². The molecule has 2 aromatic rings. The van der Waals surface area contributed by atoms with Crippen molar-refractivity contribution in [3.8, 4) is 11.4 Å². The average Bonchev–Trinajstić information content (AvgIpc) is 3.09. The van der Waals surface area contributed by atoms with Gasteiger partial charge in [0.25, 0.3) is 0 Å². The highest BCUT2D eigenvalue weighted by Gasteiger charge is 2.45. The van der Waals surface area contributed by atoms with Crippen molar-refractivity contribution >= 4 is 29.6 Å². The monoisotopic (exact) mass is 351 g/mol. The van der Waals surface area contributed by atoms with E-state index >= 15 is 0 Å². The standard InChI is InChI=1S/C15H14ClN3O3S/c1-18-13(8-2-4-9(16)5-3-8)17-19(15(18)23)10-6-11(20)14-21-7-12(10)22-14/h2-5,10,12,14H,6-7H2,1H3. The third-order valence-corrected chi connectivity index (χ3v) is 4.95. The third-order valence-electron chi connectivity index (χ3n) is 4.23. The summed E-state index contributed by atoms with van der Waals surface area (Å²) in [5, 5.41) is 5.29. The molecule has 4 rings (SSSR count). The number of carbonyl (C=O) groups excluding carboxylic acids is 1. The van der Waals surface area contributed by atoms with Crippen LogP contribution in [0.4, 0.5) is 0 Å². The van der Waals surface area contributed by atoms with E-state index in [1.807, 2.05) is 35.9 Å². The van der Waals surface area contributed by atoms with Gasteiger partial charge in [-0.05, 0) is 36.5 Å². The summed E-state index contributed by atoms with van der Waals surface area (Å²) >= 11 is 11.4. The number of ketones is 1. The van der Waals surface area contributed by atoms with Gasteiger partial charge in [-0.15, -0.1) is 0 Å². The Balaban J connectivity index is 1.76. The molecule has 6 nitrogen and oxygen atoms in total. The highest BCUT2D eigenvalue weighted by Crippen LogP contribution is 2.33. The van der Waals surface area contributed by atoms with Crippen LogP contribution in [0, 0.1) is 4.77 Å². The predicted molar refractivity (Wildman–Crippen MR) is 85.8 cm³/mol. The molecule has 0 aliphatic carbocycles. The molecular weight excluding hydrogens is 338 g/mol. The number of hydrogen-bond acceptors (Lipinski definition) is 5. The second-order valence-electron chi connectivity index (χ2n) is 5.69. The highest BCUT2D eigenvalue weighted by atomic mass is 35.5. The number of halogens is 1. The van der Waals surface area contributed by atoms with Crippen LogP contribution in [0.1, 0.15) is 12.5 Å². The van der Waals surface area contributed by atoms with Crippen LogP contribution in [-0.2, 0) is 21.3 Å². The van der Waals surface area contributed by atoms with E-state index in [2.05, 4.69) is 5.10 Å². The second-order valence-corrected chi connectivity index (χ2v) is 6.50. The molecule has 1 aromatic carbocycles. The molecular formula is C15H14ClN3O3S. The maximum atomic E-state index is 12.0. The van der Waals surface area contributed by atoms with E-state index in [0.717, 1.165) is 11.4 Å². The van der Waals surface area contributed by atoms with Crippen molar-refractivity contribution in [1.82, 2.24) is 14.3 Å². The Morgan fingerprint density at radius 1 is 1.35 bits per heavy atom. The molecule has 3 atom stereocenters. The van der Waals surface area contributed by atoms with Gasteiger partial charge in [0.15, 0.2) is 16.4 Å². The largest absolute Gasteiger partial charge is 0.343 e. The summed E-state index contributed by atoms with van der Waals surface area (Å²) in [6, 6.07) is 7.16. The number of aromatic nitrogens is 3. The summed E-state index contributed by atoms with van der Waals surface area (Å²) in [7, 11) is 1.86. The first-order chi connectivity index (χ1) is 11.0. The Kier molecular flexibility index (Phi) is 3.60. The SMILES string of the molecule is Cn1c(-c2ccc(Cl)cc2)nn(C2CC(=O)C3OCC2O3)c1=S. The van der Waals surface area contributed by atoms with Crippen LogP contribution in [-0.4, -0.2) is 39.1 Å². The lowest BCUT2D eigenvalue weighted by Gasteiger charge is -2.26. The number of fused-ring (bicyclic) bond motifs is 2. The summed E-state index contributed by atoms with van der Waals surface area (Å²) < 4.78 is 15.0. The first-order valence-corrected chi connectivity index (χ1v) is 8.04. The molecule has 1 aromatic heterocycles. The molecule has 0 saturated carbocycles. The van der Waals surface area contributed by atoms with Gasteiger partial charge in [0.1, 0.15) is 6.10 Å². The molecule has 120 valence electrons. The molecule has 8 heteroatoms. The van der Waals surface area contributed by atoms with Crippen LogP contribution in [0.3, 0.4) is 0 Å². The zero-order valence-corrected chi connectivity index (χ0v) is 13.9. The van der Waals surface area contributed by atoms with Gasteiger partial charge in [0.05, 0.1) is 12.6 Å². The molecule has 23 heavy (non-hydrogen) atoms. The summed E-state index contributed by atoms with van der Waals surface area (Å²) in [6.45, 7) is 0.385. The number of rotatable bonds is 2. The first-order valence-electron chi connectivity index (χ1n) is 7.26. The fourth-order valence-electron chi connectivity index (χ4n) is 2.99. The molecule has 0 radical (unpaired) electrons. The number of benzene rings is 1. The van der Waals surface area contributed by atoms with Crippen molar-refractivity contribution in [1.29, 1.82) is 0 Å². The molecule has 0 amide bonds. The average molecular weight is 352 g/mol. The first kappa shape index (κ1) is 15.0. The summed E-state index contributed by atoms with van der Waals surface area (Å²) in [4.78, 5) is 12.0. The van der Waals surface area contributed by atoms with Gasteiger partial charge in [-0.25, -0.2) is 4.68 Å². The maximum absolute atomic E-state index is 12.0. The number of ether oxygens (including phenoxy) is 2. The Morgan fingerprint density at radius 3 is 2.83 bits per heavy atom. The Labute approximate surface area is 142 Å². The Bertz CT molecular complexity index is 829. The topological polar surface area (TPSA) is 58.3 Å². The number of hydrogen-bond donors (Lipinski definition) is 0. The quantitative estimate of drug-likeness (QED) is 0.778. The maximum Gasteiger partial charge on any atom is 0.218 e. The van der Waals surface area contributed by atoms with Crippen molar-refractivity contribution in [3.63, 3.8) is 0 Å². The molecule has 2 aliphatic heterocycles. The van der Waals surface area contributed by atoms with E-state index in [1.165, 1.54) is 0 Å². The Hall–Kier alpha value is -1.54. The van der Waals surface area contributed by atoms with Gasteiger partial charge in [0, 0.05) is 24.1 Å². The van der Waals surface area contributed by atoms with Crippen molar-refractivity contribution in [2.24, 2.45) is 7.05 Å². The van der Waals surface area contributed by atoms with E-state index in [4.69, 9.17) is 33.3 Å². The number of carbonyl (C=O) groups is 1. The van der Waals surface area contributed by atoms with Crippen LogP contribution in [0.2, 0.25) is 5.02 Å². The smallest absolute Gasteiger partial charge is 0.218 e. The molecule has 0 spiro atoms. The van der Waals surface area contributed by atoms with Crippen molar-refractivity contribution in [2.75, 3.05) is 6.61 Å². The lowest BCUT2D eigenvalue weighted by atomic mass is 10.0. The van der Waals surface area contributed by atoms with E-state index in [-0.39, 0.29) is 17.9 Å². The van der Waals surface area contributed by atoms with Crippen LogP contribution in [0.15, 0.2) is 24.3 Å². The van der Waals surface area contributed by atoms with Gasteiger partial charge in [0.2, 0.25) is 6.29 Å². The van der Waals surface area contributed by atoms with E-state index in [9.17, 15) is 4.79 Å². The zero-order chi connectivity index (χ0) is 16.1. The molecule has 2 fully saturated rings. The van der Waals surface area contributed by atoms with Crippen molar-refractivity contribution in [3.05, 3.63) is 34.1 Å². The fourth-order valence-corrected chi connectivity index (χ4v) is 3.38. The zero-order valence-electron chi connectivity index (χ0n) is 12.3. The van der Waals surface area contributed by atoms with Gasteiger partial charge < -0.3 is 14.0 Å². The number of nitrogens with zero attached hydrogens (tertiary/aromatic N) is 3. The minimum atomic E-state index is -0.718. The molecule has 3 unspecified atom stereocenters. The highest BCUT2D eigenvalue weighted by molar-refractivity contribution is 7.71. The van der Waals surface area contributed by atoms with Gasteiger partial charge in [-0.3, -0.25) is 4.79 Å². The van der Waals surface area contributed by atoms with Crippen LogP contribution in [0.25, 0.3) is 11.4 Å². The molecule has 0 N–H and O–H groups in total. The van der Waals surface area contributed by atoms with Gasteiger partial charge >= 0.3 is 0 Å². The normalized spacial score (nSPS) is 26.7. The minimum absolute atomic E-state index is 0.0654. The van der Waals surface area contributed by atoms with E-state index in [0.29, 0.717) is 22.8 Å². The summed E-state index contributed by atoms with van der Waals surface area (Å²) in [5.74, 6) is 0.657.